The van der Waals surface area contributed by atoms with Crippen molar-refractivity contribution >= 4 is 0 Å². The van der Waals surface area contributed by atoms with Crippen LogP contribution >= 0.6 is 0 Å². The van der Waals surface area contributed by atoms with Crippen LogP contribution in [0, 0.1) is 12.7 Å². The number of benzene rings is 1. The lowest BCUT2D eigenvalue weighted by Crippen LogP contribution is -2.05. The quantitative estimate of drug-likeness (QED) is 0.902. The topological polar surface area (TPSA) is 48.1 Å². The smallest absolute Gasteiger partial charge is 0.222 e. The SMILES string of the molecule is Cc1ccc(F)c(Oc2ncccc2CCN)c1. The number of nitrogens with two attached hydrogens (primary N) is 1. The molecule has 1 aromatic heterocycles. The van der Waals surface area contributed by atoms with Crippen LogP contribution in [-0.2, 0) is 6.42 Å². The first-order chi connectivity index (χ1) is 8.70. The first-order valence-corrected chi connectivity index (χ1v) is 5.78. The van der Waals surface area contributed by atoms with Gasteiger partial charge in [0.05, 0.1) is 0 Å². The Kier molecular flexibility index (Phi) is 3.89. The zero-order valence-electron chi connectivity index (χ0n) is 10.2. The van der Waals surface area contributed by atoms with Crippen molar-refractivity contribution in [1.29, 1.82) is 0 Å². The van der Waals surface area contributed by atoms with Gasteiger partial charge in [-0.2, -0.15) is 0 Å². The van der Waals surface area contributed by atoms with Gasteiger partial charge in [0.2, 0.25) is 5.88 Å². The van der Waals surface area contributed by atoms with Crippen LogP contribution in [0.15, 0.2) is 36.5 Å². The van der Waals surface area contributed by atoms with Crippen molar-refractivity contribution in [3.05, 3.63) is 53.5 Å². The lowest BCUT2D eigenvalue weighted by Gasteiger charge is -2.10. The number of aromatic nitrogens is 1. The summed E-state index contributed by atoms with van der Waals surface area (Å²) in [6.45, 7) is 2.38. The molecule has 1 heterocycles. The molecule has 18 heavy (non-hydrogen) atoms. The normalized spacial score (nSPS) is 10.4. The van der Waals surface area contributed by atoms with Gasteiger partial charge in [0, 0.05) is 11.8 Å². The summed E-state index contributed by atoms with van der Waals surface area (Å²) < 4.78 is 19.1. The summed E-state index contributed by atoms with van der Waals surface area (Å²) in [5.74, 6) is 0.198. The Balaban J connectivity index is 2.30. The second-order valence-corrected chi connectivity index (χ2v) is 4.04. The van der Waals surface area contributed by atoms with Crippen LogP contribution in [-0.4, -0.2) is 11.5 Å². The number of hydrogen-bond donors (Lipinski definition) is 1. The van der Waals surface area contributed by atoms with E-state index in [0.29, 0.717) is 18.8 Å². The number of rotatable bonds is 4. The lowest BCUT2D eigenvalue weighted by molar-refractivity contribution is 0.422. The zero-order valence-corrected chi connectivity index (χ0v) is 10.2. The van der Waals surface area contributed by atoms with Crippen LogP contribution in [0.2, 0.25) is 0 Å². The molecule has 0 saturated heterocycles. The van der Waals surface area contributed by atoms with E-state index in [1.165, 1.54) is 6.07 Å². The van der Waals surface area contributed by atoms with Gasteiger partial charge in [0.15, 0.2) is 11.6 Å². The summed E-state index contributed by atoms with van der Waals surface area (Å²) in [5, 5.41) is 0. The largest absolute Gasteiger partial charge is 0.436 e. The molecule has 1 aromatic carbocycles. The van der Waals surface area contributed by atoms with Crippen LogP contribution in [0.4, 0.5) is 4.39 Å². The highest BCUT2D eigenvalue weighted by molar-refractivity contribution is 5.35. The van der Waals surface area contributed by atoms with E-state index in [9.17, 15) is 4.39 Å². The van der Waals surface area contributed by atoms with E-state index in [4.69, 9.17) is 10.5 Å². The van der Waals surface area contributed by atoms with Gasteiger partial charge in [-0.15, -0.1) is 0 Å². The summed E-state index contributed by atoms with van der Waals surface area (Å²) in [5.41, 5.74) is 7.33. The van der Waals surface area contributed by atoms with Gasteiger partial charge in [-0.05, 0) is 43.7 Å². The monoisotopic (exact) mass is 246 g/mol. The second kappa shape index (κ2) is 5.60. The predicted octanol–water partition coefficient (Wildman–Crippen LogP) is 2.82. The minimum atomic E-state index is -0.398. The third-order valence-corrected chi connectivity index (χ3v) is 2.56. The number of ether oxygens (including phenoxy) is 1. The Bertz CT molecular complexity index is 543. The number of hydrogen-bond acceptors (Lipinski definition) is 3. The van der Waals surface area contributed by atoms with Gasteiger partial charge in [-0.25, -0.2) is 9.37 Å². The molecule has 0 fully saturated rings. The number of pyridine rings is 1. The van der Waals surface area contributed by atoms with Crippen molar-refractivity contribution in [3.63, 3.8) is 0 Å². The fraction of sp³-hybridized carbons (Fsp3) is 0.214. The molecule has 0 atom stereocenters. The summed E-state index contributed by atoms with van der Waals surface area (Å²) in [4.78, 5) is 4.12. The third-order valence-electron chi connectivity index (χ3n) is 2.56. The Hall–Kier alpha value is -1.94. The van der Waals surface area contributed by atoms with Crippen molar-refractivity contribution in [2.75, 3.05) is 6.54 Å². The molecule has 0 aliphatic rings. The van der Waals surface area contributed by atoms with Gasteiger partial charge in [-0.3, -0.25) is 0 Å². The Morgan fingerprint density at radius 1 is 1.33 bits per heavy atom. The van der Waals surface area contributed by atoms with E-state index in [0.717, 1.165) is 11.1 Å². The minimum Gasteiger partial charge on any atom is -0.436 e. The van der Waals surface area contributed by atoms with Crippen molar-refractivity contribution < 1.29 is 9.13 Å². The average molecular weight is 246 g/mol. The molecule has 0 unspecified atom stereocenters. The van der Waals surface area contributed by atoms with E-state index in [-0.39, 0.29) is 5.75 Å². The molecule has 2 aromatic rings. The lowest BCUT2D eigenvalue weighted by atomic mass is 10.2. The summed E-state index contributed by atoms with van der Waals surface area (Å²) >= 11 is 0. The molecule has 0 aliphatic carbocycles. The fourth-order valence-electron chi connectivity index (χ4n) is 1.65. The minimum absolute atomic E-state index is 0.187. The zero-order chi connectivity index (χ0) is 13.0. The van der Waals surface area contributed by atoms with Crippen molar-refractivity contribution in [3.8, 4) is 11.6 Å². The highest BCUT2D eigenvalue weighted by Gasteiger charge is 2.09. The molecule has 94 valence electrons. The summed E-state index contributed by atoms with van der Waals surface area (Å²) in [6, 6.07) is 8.42. The van der Waals surface area contributed by atoms with Gasteiger partial charge in [0.1, 0.15) is 0 Å². The molecule has 2 rings (SSSR count). The molecule has 2 N–H and O–H groups in total. The summed E-state index contributed by atoms with van der Waals surface area (Å²) in [7, 11) is 0. The molecule has 0 bridgehead atoms. The van der Waals surface area contributed by atoms with Gasteiger partial charge < -0.3 is 10.5 Å². The van der Waals surface area contributed by atoms with Gasteiger partial charge in [-0.1, -0.05) is 12.1 Å². The molecule has 3 nitrogen and oxygen atoms in total. The molecule has 4 heteroatoms. The Morgan fingerprint density at radius 2 is 2.17 bits per heavy atom. The van der Waals surface area contributed by atoms with Gasteiger partial charge in [0.25, 0.3) is 0 Å². The van der Waals surface area contributed by atoms with Crippen LogP contribution in [0.5, 0.6) is 11.6 Å². The van der Waals surface area contributed by atoms with Crippen LogP contribution in [0.3, 0.4) is 0 Å². The van der Waals surface area contributed by atoms with Crippen molar-refractivity contribution in [2.24, 2.45) is 5.73 Å². The molecule has 0 aliphatic heterocycles. The van der Waals surface area contributed by atoms with E-state index in [1.807, 2.05) is 19.1 Å². The van der Waals surface area contributed by atoms with Crippen LogP contribution in [0.1, 0.15) is 11.1 Å². The van der Waals surface area contributed by atoms with E-state index in [1.54, 1.807) is 18.3 Å². The van der Waals surface area contributed by atoms with E-state index in [2.05, 4.69) is 4.98 Å². The fourth-order valence-corrected chi connectivity index (χ4v) is 1.65. The van der Waals surface area contributed by atoms with E-state index < -0.39 is 5.82 Å². The average Bonchev–Trinajstić information content (AvgIpc) is 2.36. The van der Waals surface area contributed by atoms with Crippen LogP contribution < -0.4 is 10.5 Å². The maximum atomic E-state index is 13.6. The number of halogens is 1. The maximum Gasteiger partial charge on any atom is 0.222 e. The third kappa shape index (κ3) is 2.84. The standard InChI is InChI=1S/C14H15FN2O/c1-10-4-5-12(15)13(9-10)18-14-11(6-7-16)3-2-8-17-14/h2-5,8-9H,6-7,16H2,1H3. The summed E-state index contributed by atoms with van der Waals surface area (Å²) in [6.07, 6.45) is 2.26. The van der Waals surface area contributed by atoms with E-state index >= 15 is 0 Å². The maximum absolute atomic E-state index is 13.6. The highest BCUT2D eigenvalue weighted by Crippen LogP contribution is 2.26. The second-order valence-electron chi connectivity index (χ2n) is 4.04. The van der Waals surface area contributed by atoms with Gasteiger partial charge >= 0.3 is 0 Å². The molecule has 0 radical (unpaired) electrons. The predicted molar refractivity (Wildman–Crippen MR) is 68.2 cm³/mol. The molecular formula is C14H15FN2O. The number of aryl methyl sites for hydroxylation is 1. The van der Waals surface area contributed by atoms with Crippen LogP contribution in [0.25, 0.3) is 0 Å². The molecule has 0 spiro atoms. The Morgan fingerprint density at radius 3 is 2.94 bits per heavy atom. The molecular weight excluding hydrogens is 231 g/mol. The molecule has 0 amide bonds. The van der Waals surface area contributed by atoms with Crippen molar-refractivity contribution in [1.82, 2.24) is 4.98 Å². The Labute approximate surface area is 105 Å². The highest BCUT2D eigenvalue weighted by atomic mass is 19.1. The first kappa shape index (κ1) is 12.5. The first-order valence-electron chi connectivity index (χ1n) is 5.78. The number of nitrogens with zero attached hydrogens (tertiary/aromatic N) is 1. The molecule has 0 saturated carbocycles. The van der Waals surface area contributed by atoms with Crippen molar-refractivity contribution in [2.45, 2.75) is 13.3 Å².